The van der Waals surface area contributed by atoms with Gasteiger partial charge >= 0.3 is 6.03 Å². The van der Waals surface area contributed by atoms with E-state index < -0.39 is 12.0 Å². The van der Waals surface area contributed by atoms with Gasteiger partial charge in [0.25, 0.3) is 12.4 Å². The molecule has 1 N–H and O–H groups in total. The van der Waals surface area contributed by atoms with Gasteiger partial charge in [-0.25, -0.2) is 9.18 Å². The largest absolute Gasteiger partial charge is 0.443 e. The molecular formula is C31H29FN6O4. The number of aromatic nitrogens is 2. The predicted molar refractivity (Wildman–Crippen MR) is 153 cm³/mol. The Morgan fingerprint density at radius 2 is 1.90 bits per heavy atom. The third-order valence-electron chi connectivity index (χ3n) is 7.07. The normalized spacial score (nSPS) is 14.0. The van der Waals surface area contributed by atoms with Gasteiger partial charge in [-0.3, -0.25) is 4.79 Å². The number of nitriles is 1. The zero-order valence-corrected chi connectivity index (χ0v) is 23.0. The molecule has 3 aromatic carbocycles. The minimum atomic E-state index is -0.989. The molecule has 0 spiro atoms. The first kappa shape index (κ1) is 28.3. The summed E-state index contributed by atoms with van der Waals surface area (Å²) in [5.74, 6) is -0.181. The van der Waals surface area contributed by atoms with Crippen LogP contribution in [0.25, 0.3) is 22.8 Å². The van der Waals surface area contributed by atoms with Crippen LogP contribution in [-0.4, -0.2) is 60.0 Å². The van der Waals surface area contributed by atoms with Crippen molar-refractivity contribution in [3.05, 3.63) is 89.2 Å². The maximum absolute atomic E-state index is 15.1. The van der Waals surface area contributed by atoms with E-state index in [9.17, 15) is 9.59 Å². The molecule has 0 saturated carbocycles. The number of carbonyl (C=O) groups is 2. The van der Waals surface area contributed by atoms with Crippen molar-refractivity contribution in [2.24, 2.45) is 0 Å². The number of rotatable bonds is 8. The number of aryl methyl sites for hydroxylation is 1. The number of nitrogens with zero attached hydrogens (tertiary/aromatic N) is 5. The van der Waals surface area contributed by atoms with E-state index in [1.807, 2.05) is 43.3 Å². The molecule has 1 aromatic heterocycles. The van der Waals surface area contributed by atoms with E-state index in [1.54, 1.807) is 23.1 Å². The number of ether oxygens (including phenoxy) is 1. The van der Waals surface area contributed by atoms with Crippen molar-refractivity contribution in [3.8, 4) is 28.9 Å². The first-order chi connectivity index (χ1) is 20.4. The summed E-state index contributed by atoms with van der Waals surface area (Å²) in [6.07, 6.45) is -0.189. The predicted octanol–water partition coefficient (Wildman–Crippen LogP) is 4.69. The van der Waals surface area contributed by atoms with Crippen molar-refractivity contribution in [2.75, 3.05) is 31.1 Å². The lowest BCUT2D eigenvalue weighted by Crippen LogP contribution is -2.47. The number of halogens is 1. The van der Waals surface area contributed by atoms with E-state index in [2.05, 4.69) is 26.4 Å². The molecule has 214 valence electrons. The van der Waals surface area contributed by atoms with E-state index in [4.69, 9.17) is 14.5 Å². The Hall–Kier alpha value is -5.24. The molecule has 0 bridgehead atoms. The van der Waals surface area contributed by atoms with E-state index in [0.717, 1.165) is 29.8 Å². The van der Waals surface area contributed by atoms with Crippen LogP contribution in [0.1, 0.15) is 23.1 Å². The minimum absolute atomic E-state index is 0.0632. The Balaban J connectivity index is 1.20. The topological polar surface area (TPSA) is 125 Å². The Morgan fingerprint density at radius 1 is 1.12 bits per heavy atom. The summed E-state index contributed by atoms with van der Waals surface area (Å²) in [6.45, 7) is 4.56. The summed E-state index contributed by atoms with van der Waals surface area (Å²) in [4.78, 5) is 32.4. The lowest BCUT2D eigenvalue weighted by molar-refractivity contribution is -0.134. The van der Waals surface area contributed by atoms with Crippen LogP contribution in [-0.2, 0) is 16.0 Å². The Kier molecular flexibility index (Phi) is 8.72. The molecule has 0 aliphatic carbocycles. The Bertz CT molecular complexity index is 1580. The van der Waals surface area contributed by atoms with Crippen molar-refractivity contribution >= 4 is 18.2 Å². The third-order valence-corrected chi connectivity index (χ3v) is 7.07. The summed E-state index contributed by atoms with van der Waals surface area (Å²) in [6, 6.07) is 21.1. The number of nitrogens with one attached hydrogen (secondary N) is 1. The molecule has 4 aromatic rings. The molecule has 42 heavy (non-hydrogen) atoms. The lowest BCUT2D eigenvalue weighted by Gasteiger charge is -2.25. The molecule has 2 amide bonds. The highest BCUT2D eigenvalue weighted by Crippen LogP contribution is 2.25. The van der Waals surface area contributed by atoms with Gasteiger partial charge in [-0.15, -0.1) is 0 Å². The number of hydrogen-bond acceptors (Lipinski definition) is 8. The van der Waals surface area contributed by atoms with Crippen molar-refractivity contribution in [1.29, 1.82) is 5.26 Å². The number of benzene rings is 3. The van der Waals surface area contributed by atoms with E-state index in [-0.39, 0.29) is 36.2 Å². The smallest absolute Gasteiger partial charge is 0.320 e. The van der Waals surface area contributed by atoms with Crippen LogP contribution in [0.3, 0.4) is 0 Å². The molecule has 5 rings (SSSR count). The van der Waals surface area contributed by atoms with Gasteiger partial charge in [0, 0.05) is 43.9 Å². The van der Waals surface area contributed by atoms with Gasteiger partial charge in [-0.05, 0) is 67.4 Å². The van der Waals surface area contributed by atoms with Gasteiger partial charge in [0.2, 0.25) is 5.82 Å². The maximum Gasteiger partial charge on any atom is 0.320 e. The molecular weight excluding hydrogens is 539 g/mol. The SMILES string of the molecule is Cc1ccc(-c2nc(-c3ccc(CC(NC(=O)N4CCCN(c5ccc(C#N)cc5)CC4)OC=O)cc3F)no2)cc1. The third kappa shape index (κ3) is 6.72. The highest BCUT2D eigenvalue weighted by Gasteiger charge is 2.23. The van der Waals surface area contributed by atoms with Crippen LogP contribution >= 0.6 is 0 Å². The number of hydrogen-bond donors (Lipinski definition) is 1. The number of urea groups is 1. The monoisotopic (exact) mass is 568 g/mol. The Morgan fingerprint density at radius 3 is 2.62 bits per heavy atom. The van der Waals surface area contributed by atoms with Crippen LogP contribution in [0, 0.1) is 24.1 Å². The Labute approximate surface area is 242 Å². The van der Waals surface area contributed by atoms with Gasteiger partial charge in [0.1, 0.15) is 5.82 Å². The van der Waals surface area contributed by atoms with Crippen molar-refractivity contribution in [2.45, 2.75) is 26.0 Å². The van der Waals surface area contributed by atoms with Crippen LogP contribution < -0.4 is 10.2 Å². The maximum atomic E-state index is 15.1. The standard InChI is InChI=1S/C31H29FN6O4/c1-21-3-8-24(9-4-21)30-35-29(36-42-30)26-12-7-23(17-27(26)32)18-28(41-20-39)34-31(40)38-14-2-13-37(15-16-38)25-10-5-22(19-33)6-11-25/h3-12,17,20,28H,2,13-16,18H2,1H3,(H,34,40). The molecule has 1 fully saturated rings. The van der Waals surface area contributed by atoms with Gasteiger partial charge in [-0.2, -0.15) is 10.2 Å². The quantitative estimate of drug-likeness (QED) is 0.240. The first-order valence-corrected chi connectivity index (χ1v) is 13.5. The zero-order chi connectivity index (χ0) is 29.5. The molecule has 1 saturated heterocycles. The molecule has 10 nitrogen and oxygen atoms in total. The molecule has 1 atom stereocenters. The summed E-state index contributed by atoms with van der Waals surface area (Å²) in [5.41, 5.74) is 4.06. The highest BCUT2D eigenvalue weighted by molar-refractivity contribution is 5.74. The molecule has 1 aliphatic rings. The molecule has 11 heteroatoms. The van der Waals surface area contributed by atoms with Crippen LogP contribution in [0.2, 0.25) is 0 Å². The summed E-state index contributed by atoms with van der Waals surface area (Å²) in [5, 5.41) is 15.7. The van der Waals surface area contributed by atoms with Crippen LogP contribution in [0.4, 0.5) is 14.9 Å². The second-order valence-electron chi connectivity index (χ2n) is 9.96. The fourth-order valence-electron chi connectivity index (χ4n) is 4.78. The zero-order valence-electron chi connectivity index (χ0n) is 23.0. The molecule has 1 aliphatic heterocycles. The molecule has 0 radical (unpaired) electrons. The highest BCUT2D eigenvalue weighted by atomic mass is 19.1. The van der Waals surface area contributed by atoms with E-state index in [0.29, 0.717) is 30.8 Å². The number of carbonyl (C=O) groups excluding carboxylic acids is 2. The molecule has 1 unspecified atom stereocenters. The second-order valence-corrected chi connectivity index (χ2v) is 9.96. The number of amides is 2. The van der Waals surface area contributed by atoms with Gasteiger partial charge in [-0.1, -0.05) is 28.9 Å². The van der Waals surface area contributed by atoms with Crippen molar-refractivity contribution < 1.29 is 23.2 Å². The van der Waals surface area contributed by atoms with Gasteiger partial charge < -0.3 is 24.4 Å². The summed E-state index contributed by atoms with van der Waals surface area (Å²) in [7, 11) is 0. The second kappa shape index (κ2) is 13.0. The fraction of sp³-hybridized carbons (Fsp3) is 0.258. The average molecular weight is 569 g/mol. The van der Waals surface area contributed by atoms with Crippen LogP contribution in [0.15, 0.2) is 71.3 Å². The minimum Gasteiger partial charge on any atom is -0.443 e. The lowest BCUT2D eigenvalue weighted by atomic mass is 10.1. The van der Waals surface area contributed by atoms with Crippen molar-refractivity contribution in [3.63, 3.8) is 0 Å². The van der Waals surface area contributed by atoms with Gasteiger partial charge in [0.15, 0.2) is 6.23 Å². The van der Waals surface area contributed by atoms with E-state index >= 15 is 4.39 Å². The fourth-order valence-corrected chi connectivity index (χ4v) is 4.78. The van der Waals surface area contributed by atoms with Crippen LogP contribution in [0.5, 0.6) is 0 Å². The number of anilines is 1. The first-order valence-electron chi connectivity index (χ1n) is 13.5. The summed E-state index contributed by atoms with van der Waals surface area (Å²) < 4.78 is 25.6. The van der Waals surface area contributed by atoms with Gasteiger partial charge in [0.05, 0.1) is 17.2 Å². The van der Waals surface area contributed by atoms with E-state index in [1.165, 1.54) is 12.1 Å². The molecule has 2 heterocycles. The van der Waals surface area contributed by atoms with Crippen molar-refractivity contribution in [1.82, 2.24) is 20.4 Å². The summed E-state index contributed by atoms with van der Waals surface area (Å²) >= 11 is 0. The average Bonchev–Trinajstić information content (AvgIpc) is 3.34.